The minimum Gasteiger partial charge on any atom is -0.445 e. The summed E-state index contributed by atoms with van der Waals surface area (Å²) in [5, 5.41) is 12.7. The van der Waals surface area contributed by atoms with E-state index < -0.39 is 0 Å². The van der Waals surface area contributed by atoms with Crippen LogP contribution in [-0.4, -0.2) is 23.3 Å². The highest BCUT2D eigenvalue weighted by Crippen LogP contribution is 2.44. The van der Waals surface area contributed by atoms with Crippen LogP contribution in [0.1, 0.15) is 24.8 Å². The van der Waals surface area contributed by atoms with E-state index in [1.54, 1.807) is 0 Å². The number of fused-ring (bicyclic) bond motifs is 2. The number of hydrogen-bond acceptors (Lipinski definition) is 3. The summed E-state index contributed by atoms with van der Waals surface area (Å²) in [4.78, 5) is 11.7. The second-order valence-electron chi connectivity index (χ2n) is 5.62. The fraction of sp³-hybridized carbons (Fsp3) is 0.533. The lowest BCUT2D eigenvalue weighted by molar-refractivity contribution is 0.0849. The molecule has 0 unspecified atom stereocenters. The lowest BCUT2D eigenvalue weighted by Crippen LogP contribution is -2.43. The van der Waals surface area contributed by atoms with Gasteiger partial charge in [0.05, 0.1) is 6.10 Å². The maximum atomic E-state index is 11.7. The molecule has 0 radical (unpaired) electrons. The monoisotopic (exact) mass is 261 g/mol. The molecule has 4 atom stereocenters. The summed E-state index contributed by atoms with van der Waals surface area (Å²) in [6, 6.07) is 9.70. The predicted octanol–water partition coefficient (Wildman–Crippen LogP) is 2.07. The zero-order valence-electron chi connectivity index (χ0n) is 10.8. The van der Waals surface area contributed by atoms with E-state index >= 15 is 0 Å². The minimum absolute atomic E-state index is 0.0806. The van der Waals surface area contributed by atoms with E-state index in [4.69, 9.17) is 4.74 Å². The van der Waals surface area contributed by atoms with Crippen LogP contribution < -0.4 is 5.32 Å². The zero-order chi connectivity index (χ0) is 13.2. The van der Waals surface area contributed by atoms with Gasteiger partial charge in [-0.1, -0.05) is 30.3 Å². The highest BCUT2D eigenvalue weighted by Gasteiger charge is 2.46. The number of ether oxygens (including phenoxy) is 1. The SMILES string of the molecule is O=C(N[C@H]1C[C@@H]2C[C@H]1[C@H](O)C2)OCc1ccccc1. The van der Waals surface area contributed by atoms with E-state index in [0.717, 1.165) is 24.8 Å². The number of amides is 1. The van der Waals surface area contributed by atoms with Gasteiger partial charge in [0.15, 0.2) is 0 Å². The quantitative estimate of drug-likeness (QED) is 0.875. The Morgan fingerprint density at radius 3 is 2.74 bits per heavy atom. The maximum Gasteiger partial charge on any atom is 0.407 e. The Bertz CT molecular complexity index is 448. The molecule has 1 amide bonds. The third-order valence-electron chi connectivity index (χ3n) is 4.29. The number of alkyl carbamates (subject to hydrolysis) is 1. The molecule has 1 aromatic carbocycles. The summed E-state index contributed by atoms with van der Waals surface area (Å²) >= 11 is 0. The molecule has 1 aromatic rings. The first-order valence-electron chi connectivity index (χ1n) is 6.87. The Morgan fingerprint density at radius 2 is 2.05 bits per heavy atom. The van der Waals surface area contributed by atoms with Crippen LogP contribution in [0, 0.1) is 11.8 Å². The molecule has 4 heteroatoms. The molecule has 2 aliphatic rings. The molecular formula is C15H19NO3. The molecule has 0 heterocycles. The van der Waals surface area contributed by atoms with Gasteiger partial charge < -0.3 is 15.2 Å². The van der Waals surface area contributed by atoms with Crippen LogP contribution in [0.4, 0.5) is 4.79 Å². The first-order valence-corrected chi connectivity index (χ1v) is 6.87. The number of carbonyl (C=O) groups is 1. The molecule has 0 saturated heterocycles. The van der Waals surface area contributed by atoms with Crippen molar-refractivity contribution in [2.45, 2.75) is 38.0 Å². The predicted molar refractivity (Wildman–Crippen MR) is 70.4 cm³/mol. The molecule has 2 N–H and O–H groups in total. The second-order valence-corrected chi connectivity index (χ2v) is 5.62. The van der Waals surface area contributed by atoms with Gasteiger partial charge in [0.25, 0.3) is 0 Å². The van der Waals surface area contributed by atoms with Gasteiger partial charge in [-0.05, 0) is 30.7 Å². The van der Waals surface area contributed by atoms with Crippen molar-refractivity contribution in [3.8, 4) is 0 Å². The Balaban J connectivity index is 1.47. The smallest absolute Gasteiger partial charge is 0.407 e. The van der Waals surface area contributed by atoms with E-state index in [2.05, 4.69) is 5.32 Å². The molecule has 0 aliphatic heterocycles. The van der Waals surface area contributed by atoms with Crippen LogP contribution in [0.2, 0.25) is 0 Å². The normalized spacial score (nSPS) is 32.3. The van der Waals surface area contributed by atoms with Crippen molar-refractivity contribution in [2.75, 3.05) is 0 Å². The van der Waals surface area contributed by atoms with Gasteiger partial charge in [-0.15, -0.1) is 0 Å². The standard InChI is InChI=1S/C15H19NO3/c17-14-8-11-6-12(14)13(7-11)16-15(18)19-9-10-4-2-1-3-5-10/h1-5,11-14,17H,6-9H2,(H,16,18)/t11-,12+,13-,14+/m0/s1. The third-order valence-corrected chi connectivity index (χ3v) is 4.29. The van der Waals surface area contributed by atoms with E-state index in [0.29, 0.717) is 5.92 Å². The van der Waals surface area contributed by atoms with Gasteiger partial charge >= 0.3 is 6.09 Å². The largest absolute Gasteiger partial charge is 0.445 e. The van der Waals surface area contributed by atoms with Gasteiger partial charge in [0, 0.05) is 12.0 Å². The number of hydrogen-bond donors (Lipinski definition) is 2. The summed E-state index contributed by atoms with van der Waals surface area (Å²) in [6.45, 7) is 0.288. The Kier molecular flexibility index (Phi) is 3.42. The number of benzene rings is 1. The van der Waals surface area contributed by atoms with Gasteiger partial charge in [0.1, 0.15) is 6.61 Å². The summed E-state index contributed by atoms with van der Waals surface area (Å²) in [7, 11) is 0. The molecule has 2 aliphatic carbocycles. The van der Waals surface area contributed by atoms with Crippen LogP contribution in [0.3, 0.4) is 0 Å². The van der Waals surface area contributed by atoms with Crippen molar-refractivity contribution in [1.29, 1.82) is 0 Å². The van der Waals surface area contributed by atoms with Crippen molar-refractivity contribution < 1.29 is 14.6 Å². The Labute approximate surface area is 112 Å². The molecular weight excluding hydrogens is 242 g/mol. The molecule has 2 bridgehead atoms. The lowest BCUT2D eigenvalue weighted by Gasteiger charge is -2.26. The van der Waals surface area contributed by atoms with Crippen LogP contribution in [0.15, 0.2) is 30.3 Å². The molecule has 19 heavy (non-hydrogen) atoms. The highest BCUT2D eigenvalue weighted by atomic mass is 16.5. The summed E-state index contributed by atoms with van der Waals surface area (Å²) < 4.78 is 5.20. The fourth-order valence-electron chi connectivity index (χ4n) is 3.40. The molecule has 3 rings (SSSR count). The fourth-order valence-corrected chi connectivity index (χ4v) is 3.40. The molecule has 2 fully saturated rings. The van der Waals surface area contributed by atoms with E-state index in [9.17, 15) is 9.90 Å². The molecule has 0 aromatic heterocycles. The lowest BCUT2D eigenvalue weighted by atomic mass is 9.93. The Morgan fingerprint density at radius 1 is 1.26 bits per heavy atom. The van der Waals surface area contributed by atoms with Gasteiger partial charge in [-0.2, -0.15) is 0 Å². The molecule has 2 saturated carbocycles. The second kappa shape index (κ2) is 5.21. The zero-order valence-corrected chi connectivity index (χ0v) is 10.8. The first kappa shape index (κ1) is 12.5. The number of nitrogens with one attached hydrogen (secondary N) is 1. The van der Waals surface area contributed by atoms with Crippen LogP contribution in [0.25, 0.3) is 0 Å². The van der Waals surface area contributed by atoms with E-state index in [-0.39, 0.29) is 30.8 Å². The van der Waals surface area contributed by atoms with Crippen molar-refractivity contribution in [2.24, 2.45) is 11.8 Å². The summed E-state index contributed by atoms with van der Waals surface area (Å²) in [6.07, 6.45) is 2.27. The number of carbonyl (C=O) groups excluding carboxylic acids is 1. The van der Waals surface area contributed by atoms with Crippen molar-refractivity contribution in [1.82, 2.24) is 5.32 Å². The first-order chi connectivity index (χ1) is 9.22. The summed E-state index contributed by atoms with van der Waals surface area (Å²) in [5.41, 5.74) is 0.977. The average molecular weight is 261 g/mol. The summed E-state index contributed by atoms with van der Waals surface area (Å²) in [5.74, 6) is 0.786. The number of aliphatic hydroxyl groups is 1. The van der Waals surface area contributed by atoms with Crippen molar-refractivity contribution in [3.05, 3.63) is 35.9 Å². The van der Waals surface area contributed by atoms with Crippen molar-refractivity contribution >= 4 is 6.09 Å². The average Bonchev–Trinajstić information content (AvgIpc) is 2.96. The van der Waals surface area contributed by atoms with E-state index in [1.807, 2.05) is 30.3 Å². The van der Waals surface area contributed by atoms with Crippen LogP contribution in [0.5, 0.6) is 0 Å². The number of aliphatic hydroxyl groups excluding tert-OH is 1. The minimum atomic E-state index is -0.381. The molecule has 102 valence electrons. The van der Waals surface area contributed by atoms with Crippen LogP contribution in [-0.2, 0) is 11.3 Å². The van der Waals surface area contributed by atoms with Gasteiger partial charge in [0.2, 0.25) is 0 Å². The molecule has 4 nitrogen and oxygen atoms in total. The third kappa shape index (κ3) is 2.73. The Hall–Kier alpha value is -1.55. The van der Waals surface area contributed by atoms with Gasteiger partial charge in [-0.3, -0.25) is 0 Å². The molecule has 0 spiro atoms. The number of rotatable bonds is 3. The topological polar surface area (TPSA) is 58.6 Å². The highest BCUT2D eigenvalue weighted by molar-refractivity contribution is 5.67. The maximum absolute atomic E-state index is 11.7. The van der Waals surface area contributed by atoms with E-state index in [1.165, 1.54) is 0 Å². The van der Waals surface area contributed by atoms with Crippen LogP contribution >= 0.6 is 0 Å². The van der Waals surface area contributed by atoms with Gasteiger partial charge in [-0.25, -0.2) is 4.79 Å². The van der Waals surface area contributed by atoms with Crippen molar-refractivity contribution in [3.63, 3.8) is 0 Å².